The van der Waals surface area contributed by atoms with Gasteiger partial charge >= 0.3 is 0 Å². The highest BCUT2D eigenvalue weighted by molar-refractivity contribution is 5.75. The molecule has 2 rings (SSSR count). The van der Waals surface area contributed by atoms with E-state index in [0.717, 1.165) is 5.56 Å². The van der Waals surface area contributed by atoms with Gasteiger partial charge in [0.05, 0.1) is 17.4 Å². The van der Waals surface area contributed by atoms with Gasteiger partial charge in [0.2, 0.25) is 0 Å². The van der Waals surface area contributed by atoms with Gasteiger partial charge < -0.3 is 0 Å². The van der Waals surface area contributed by atoms with Gasteiger partial charge in [0.1, 0.15) is 5.82 Å². The van der Waals surface area contributed by atoms with E-state index < -0.39 is 5.82 Å². The zero-order valence-corrected chi connectivity index (χ0v) is 8.14. The molecule has 4 heteroatoms. The van der Waals surface area contributed by atoms with Crippen molar-refractivity contribution in [2.75, 3.05) is 0 Å². The maximum Gasteiger partial charge on any atom is 0.152 e. The lowest BCUT2D eigenvalue weighted by molar-refractivity contribution is 0.112. The normalized spacial score (nSPS) is 10.3. The van der Waals surface area contributed by atoms with Crippen LogP contribution in [0.15, 0.2) is 30.6 Å². The van der Waals surface area contributed by atoms with Crippen LogP contribution in [0.4, 0.5) is 4.39 Å². The van der Waals surface area contributed by atoms with Crippen molar-refractivity contribution in [2.45, 2.75) is 6.92 Å². The second-order valence-electron chi connectivity index (χ2n) is 3.29. The summed E-state index contributed by atoms with van der Waals surface area (Å²) >= 11 is 0. The summed E-state index contributed by atoms with van der Waals surface area (Å²) < 4.78 is 14.8. The monoisotopic (exact) mass is 204 g/mol. The minimum Gasteiger partial charge on any atom is -0.298 e. The van der Waals surface area contributed by atoms with Crippen molar-refractivity contribution < 1.29 is 9.18 Å². The smallest absolute Gasteiger partial charge is 0.152 e. The molecule has 0 fully saturated rings. The van der Waals surface area contributed by atoms with Crippen molar-refractivity contribution in [1.82, 2.24) is 9.78 Å². The molecule has 1 aromatic carbocycles. The lowest BCUT2D eigenvalue weighted by Gasteiger charge is -2.01. The number of halogens is 1. The number of carbonyl (C=O) groups excluding carboxylic acids is 1. The van der Waals surface area contributed by atoms with Crippen LogP contribution in [0.5, 0.6) is 0 Å². The molecular weight excluding hydrogens is 195 g/mol. The third-order valence-electron chi connectivity index (χ3n) is 2.09. The SMILES string of the molecule is Cc1cnn(-c2ccc(C=O)c(F)c2)c1. The van der Waals surface area contributed by atoms with E-state index >= 15 is 0 Å². The van der Waals surface area contributed by atoms with Gasteiger partial charge in [0, 0.05) is 12.3 Å². The average molecular weight is 204 g/mol. The van der Waals surface area contributed by atoms with Crippen LogP contribution in [0.3, 0.4) is 0 Å². The van der Waals surface area contributed by atoms with E-state index in [-0.39, 0.29) is 5.56 Å². The Kier molecular flexibility index (Phi) is 2.33. The van der Waals surface area contributed by atoms with Crippen LogP contribution in [0, 0.1) is 12.7 Å². The van der Waals surface area contributed by atoms with E-state index in [0.29, 0.717) is 12.0 Å². The summed E-state index contributed by atoms with van der Waals surface area (Å²) in [6, 6.07) is 4.38. The summed E-state index contributed by atoms with van der Waals surface area (Å²) in [6.07, 6.45) is 3.97. The van der Waals surface area contributed by atoms with Crippen molar-refractivity contribution in [2.24, 2.45) is 0 Å². The van der Waals surface area contributed by atoms with Crippen LogP contribution in [-0.4, -0.2) is 16.1 Å². The molecule has 0 aliphatic rings. The number of rotatable bonds is 2. The van der Waals surface area contributed by atoms with E-state index in [1.165, 1.54) is 12.1 Å². The van der Waals surface area contributed by atoms with Gasteiger partial charge in [-0.2, -0.15) is 5.10 Å². The molecule has 0 aliphatic carbocycles. The summed E-state index contributed by atoms with van der Waals surface area (Å²) in [7, 11) is 0. The minimum absolute atomic E-state index is 0.0580. The van der Waals surface area contributed by atoms with E-state index in [4.69, 9.17) is 0 Å². The molecule has 0 unspecified atom stereocenters. The number of benzene rings is 1. The fourth-order valence-corrected chi connectivity index (χ4v) is 1.31. The van der Waals surface area contributed by atoms with Crippen LogP contribution < -0.4 is 0 Å². The van der Waals surface area contributed by atoms with E-state index in [1.54, 1.807) is 23.1 Å². The number of nitrogens with zero attached hydrogens (tertiary/aromatic N) is 2. The first kappa shape index (κ1) is 9.58. The molecule has 2 aromatic rings. The third-order valence-corrected chi connectivity index (χ3v) is 2.09. The number of aromatic nitrogens is 2. The first-order chi connectivity index (χ1) is 7.20. The van der Waals surface area contributed by atoms with Gasteiger partial charge in [-0.25, -0.2) is 9.07 Å². The maximum atomic E-state index is 13.3. The summed E-state index contributed by atoms with van der Waals surface area (Å²) in [6.45, 7) is 1.90. The first-order valence-electron chi connectivity index (χ1n) is 4.47. The highest BCUT2D eigenvalue weighted by Crippen LogP contribution is 2.12. The van der Waals surface area contributed by atoms with Crippen molar-refractivity contribution in [3.63, 3.8) is 0 Å². The van der Waals surface area contributed by atoms with Crippen LogP contribution in [0.1, 0.15) is 15.9 Å². The molecule has 1 heterocycles. The number of aldehydes is 1. The second-order valence-corrected chi connectivity index (χ2v) is 3.29. The number of aryl methyl sites for hydroxylation is 1. The van der Waals surface area contributed by atoms with Gasteiger partial charge in [0.25, 0.3) is 0 Å². The molecule has 0 saturated carbocycles. The molecule has 0 spiro atoms. The Morgan fingerprint density at radius 2 is 2.27 bits per heavy atom. The summed E-state index contributed by atoms with van der Waals surface area (Å²) in [5.41, 5.74) is 1.66. The summed E-state index contributed by atoms with van der Waals surface area (Å²) in [5.74, 6) is -0.532. The molecule has 0 bridgehead atoms. The molecule has 0 atom stereocenters. The maximum absolute atomic E-state index is 13.3. The second kappa shape index (κ2) is 3.65. The molecule has 0 N–H and O–H groups in total. The van der Waals surface area contributed by atoms with Gasteiger partial charge in [-0.3, -0.25) is 4.79 Å². The van der Waals surface area contributed by atoms with Crippen molar-refractivity contribution >= 4 is 6.29 Å². The minimum atomic E-state index is -0.532. The molecule has 0 aliphatic heterocycles. The molecule has 1 aromatic heterocycles. The highest BCUT2D eigenvalue weighted by Gasteiger charge is 2.04. The van der Waals surface area contributed by atoms with E-state index in [1.807, 2.05) is 6.92 Å². The van der Waals surface area contributed by atoms with Crippen molar-refractivity contribution in [1.29, 1.82) is 0 Å². The molecule has 0 amide bonds. The quantitative estimate of drug-likeness (QED) is 0.702. The topological polar surface area (TPSA) is 34.9 Å². The zero-order valence-electron chi connectivity index (χ0n) is 8.14. The van der Waals surface area contributed by atoms with Crippen LogP contribution in [-0.2, 0) is 0 Å². The molecule has 76 valence electrons. The summed E-state index contributed by atoms with van der Waals surface area (Å²) in [4.78, 5) is 10.4. The third kappa shape index (κ3) is 1.79. The highest BCUT2D eigenvalue weighted by atomic mass is 19.1. The molecule has 15 heavy (non-hydrogen) atoms. The predicted octanol–water partition coefficient (Wildman–Crippen LogP) is 2.13. The van der Waals surface area contributed by atoms with Crippen molar-refractivity contribution in [3.05, 3.63) is 47.5 Å². The standard InChI is InChI=1S/C11H9FN2O/c1-8-5-13-14(6-8)10-3-2-9(7-15)11(12)4-10/h2-7H,1H3. The van der Waals surface area contributed by atoms with Crippen molar-refractivity contribution in [3.8, 4) is 5.69 Å². The van der Waals surface area contributed by atoms with Gasteiger partial charge in [-0.1, -0.05) is 0 Å². The van der Waals surface area contributed by atoms with E-state index in [9.17, 15) is 9.18 Å². The fourth-order valence-electron chi connectivity index (χ4n) is 1.31. The van der Waals surface area contributed by atoms with Gasteiger partial charge in [0.15, 0.2) is 6.29 Å². The summed E-state index contributed by atoms with van der Waals surface area (Å²) in [5, 5.41) is 4.04. The predicted molar refractivity (Wildman–Crippen MR) is 53.6 cm³/mol. The Bertz CT molecular complexity index is 505. The molecule has 0 saturated heterocycles. The zero-order chi connectivity index (χ0) is 10.8. The van der Waals surface area contributed by atoms with Crippen LogP contribution in [0.2, 0.25) is 0 Å². The number of hydrogen-bond acceptors (Lipinski definition) is 2. The van der Waals surface area contributed by atoms with Crippen LogP contribution in [0.25, 0.3) is 5.69 Å². The Morgan fingerprint density at radius 3 is 2.80 bits per heavy atom. The van der Waals surface area contributed by atoms with Gasteiger partial charge in [-0.05, 0) is 24.6 Å². The molecule has 0 radical (unpaired) electrons. The number of carbonyl (C=O) groups is 1. The molecule has 3 nitrogen and oxygen atoms in total. The number of hydrogen-bond donors (Lipinski definition) is 0. The lowest BCUT2D eigenvalue weighted by Crippen LogP contribution is -1.97. The lowest BCUT2D eigenvalue weighted by atomic mass is 10.2. The first-order valence-corrected chi connectivity index (χ1v) is 4.47. The van der Waals surface area contributed by atoms with Gasteiger partial charge in [-0.15, -0.1) is 0 Å². The Hall–Kier alpha value is -1.97. The Balaban J connectivity index is 2.46. The van der Waals surface area contributed by atoms with E-state index in [2.05, 4.69) is 5.10 Å². The largest absolute Gasteiger partial charge is 0.298 e. The average Bonchev–Trinajstić information content (AvgIpc) is 2.65. The molecular formula is C11H9FN2O. The Labute approximate surface area is 86.2 Å². The van der Waals surface area contributed by atoms with Crippen LogP contribution >= 0.6 is 0 Å². The fraction of sp³-hybridized carbons (Fsp3) is 0.0909. The Morgan fingerprint density at radius 1 is 1.47 bits per heavy atom.